The SMILES string of the molecule is CC(C)C(CNC(=O)c1ccc(Br)cc1)Nc1ccccc1. The van der Waals surface area contributed by atoms with E-state index in [0.29, 0.717) is 18.0 Å². The third-order valence-corrected chi connectivity index (χ3v) is 4.05. The fourth-order valence-electron chi connectivity index (χ4n) is 2.11. The van der Waals surface area contributed by atoms with Crippen LogP contribution in [-0.4, -0.2) is 18.5 Å². The van der Waals surface area contributed by atoms with E-state index in [2.05, 4.69) is 40.4 Å². The molecule has 0 saturated carbocycles. The Morgan fingerprint density at radius 2 is 1.68 bits per heavy atom. The highest BCUT2D eigenvalue weighted by Crippen LogP contribution is 2.13. The molecule has 2 aromatic rings. The van der Waals surface area contributed by atoms with Gasteiger partial charge >= 0.3 is 0 Å². The quantitative estimate of drug-likeness (QED) is 0.805. The van der Waals surface area contributed by atoms with E-state index >= 15 is 0 Å². The molecule has 0 heterocycles. The van der Waals surface area contributed by atoms with E-state index in [1.165, 1.54) is 0 Å². The molecule has 0 aliphatic heterocycles. The second kappa shape index (κ2) is 7.99. The smallest absolute Gasteiger partial charge is 0.251 e. The Hall–Kier alpha value is -1.81. The molecule has 0 radical (unpaired) electrons. The lowest BCUT2D eigenvalue weighted by molar-refractivity contribution is 0.0950. The molecule has 116 valence electrons. The normalized spacial score (nSPS) is 12.0. The number of benzene rings is 2. The van der Waals surface area contributed by atoms with Crippen molar-refractivity contribution < 1.29 is 4.79 Å². The minimum Gasteiger partial charge on any atom is -0.380 e. The lowest BCUT2D eigenvalue weighted by Gasteiger charge is -2.24. The fraction of sp³-hybridized carbons (Fsp3) is 0.278. The van der Waals surface area contributed by atoms with Crippen LogP contribution in [0.4, 0.5) is 5.69 Å². The predicted octanol–water partition coefficient (Wildman–Crippen LogP) is 4.32. The van der Waals surface area contributed by atoms with Gasteiger partial charge in [-0.3, -0.25) is 4.79 Å². The van der Waals surface area contributed by atoms with Gasteiger partial charge < -0.3 is 10.6 Å². The molecule has 0 fully saturated rings. The van der Waals surface area contributed by atoms with Crippen LogP contribution in [0.1, 0.15) is 24.2 Å². The Kier molecular flexibility index (Phi) is 6.01. The van der Waals surface area contributed by atoms with Crippen LogP contribution in [0.15, 0.2) is 59.1 Å². The third kappa shape index (κ3) is 4.88. The number of hydrogen-bond donors (Lipinski definition) is 2. The highest BCUT2D eigenvalue weighted by atomic mass is 79.9. The first-order valence-corrected chi connectivity index (χ1v) is 8.21. The molecule has 0 saturated heterocycles. The van der Waals surface area contributed by atoms with Gasteiger partial charge in [0.25, 0.3) is 5.91 Å². The summed E-state index contributed by atoms with van der Waals surface area (Å²) >= 11 is 3.37. The van der Waals surface area contributed by atoms with E-state index in [9.17, 15) is 4.79 Å². The van der Waals surface area contributed by atoms with Crippen molar-refractivity contribution in [1.82, 2.24) is 5.32 Å². The van der Waals surface area contributed by atoms with Crippen molar-refractivity contribution in [2.75, 3.05) is 11.9 Å². The van der Waals surface area contributed by atoms with Crippen molar-refractivity contribution >= 4 is 27.5 Å². The summed E-state index contributed by atoms with van der Waals surface area (Å²) in [5.41, 5.74) is 1.74. The predicted molar refractivity (Wildman–Crippen MR) is 95.2 cm³/mol. The third-order valence-electron chi connectivity index (χ3n) is 3.52. The number of hydrogen-bond acceptors (Lipinski definition) is 2. The molecule has 3 nitrogen and oxygen atoms in total. The van der Waals surface area contributed by atoms with Crippen LogP contribution < -0.4 is 10.6 Å². The van der Waals surface area contributed by atoms with Gasteiger partial charge in [-0.1, -0.05) is 48.0 Å². The van der Waals surface area contributed by atoms with Crippen LogP contribution in [0.3, 0.4) is 0 Å². The average molecular weight is 361 g/mol. The number of anilines is 1. The number of carbonyl (C=O) groups excluding carboxylic acids is 1. The van der Waals surface area contributed by atoms with E-state index < -0.39 is 0 Å². The molecule has 1 unspecified atom stereocenters. The first-order valence-electron chi connectivity index (χ1n) is 7.41. The lowest BCUT2D eigenvalue weighted by atomic mass is 10.0. The van der Waals surface area contributed by atoms with Crippen LogP contribution in [0, 0.1) is 5.92 Å². The van der Waals surface area contributed by atoms with Crippen molar-refractivity contribution in [2.45, 2.75) is 19.9 Å². The molecular weight excluding hydrogens is 340 g/mol. The zero-order valence-electron chi connectivity index (χ0n) is 12.8. The number of nitrogens with one attached hydrogen (secondary N) is 2. The minimum absolute atomic E-state index is 0.0481. The van der Waals surface area contributed by atoms with Crippen molar-refractivity contribution in [1.29, 1.82) is 0 Å². The Morgan fingerprint density at radius 3 is 2.27 bits per heavy atom. The first kappa shape index (κ1) is 16.6. The monoisotopic (exact) mass is 360 g/mol. The largest absolute Gasteiger partial charge is 0.380 e. The standard InChI is InChI=1S/C18H21BrN2O/c1-13(2)17(21-16-6-4-3-5-7-16)12-20-18(22)14-8-10-15(19)11-9-14/h3-11,13,17,21H,12H2,1-2H3,(H,20,22). The Balaban J connectivity index is 1.94. The van der Waals surface area contributed by atoms with Crippen LogP contribution in [0.5, 0.6) is 0 Å². The van der Waals surface area contributed by atoms with Gasteiger partial charge in [-0.05, 0) is 42.3 Å². The van der Waals surface area contributed by atoms with Crippen LogP contribution >= 0.6 is 15.9 Å². The van der Waals surface area contributed by atoms with Crippen molar-refractivity contribution in [3.05, 3.63) is 64.6 Å². The number of amides is 1. The summed E-state index contributed by atoms with van der Waals surface area (Å²) < 4.78 is 0.967. The number of carbonyl (C=O) groups is 1. The summed E-state index contributed by atoms with van der Waals surface area (Å²) in [4.78, 5) is 12.2. The molecular formula is C18H21BrN2O. The Morgan fingerprint density at radius 1 is 1.05 bits per heavy atom. The zero-order valence-corrected chi connectivity index (χ0v) is 14.4. The van der Waals surface area contributed by atoms with Crippen molar-refractivity contribution in [3.63, 3.8) is 0 Å². The Bertz CT molecular complexity index is 596. The summed E-state index contributed by atoms with van der Waals surface area (Å²) in [6, 6.07) is 17.6. The highest BCUT2D eigenvalue weighted by molar-refractivity contribution is 9.10. The second-order valence-corrected chi connectivity index (χ2v) is 6.49. The fourth-order valence-corrected chi connectivity index (χ4v) is 2.37. The average Bonchev–Trinajstić information content (AvgIpc) is 2.52. The summed E-state index contributed by atoms with van der Waals surface area (Å²) in [5, 5.41) is 6.48. The molecule has 0 bridgehead atoms. The van der Waals surface area contributed by atoms with Gasteiger partial charge in [0.2, 0.25) is 0 Å². The number of halogens is 1. The second-order valence-electron chi connectivity index (χ2n) is 5.58. The molecule has 0 aromatic heterocycles. The van der Waals surface area contributed by atoms with Gasteiger partial charge in [0, 0.05) is 28.3 Å². The maximum absolute atomic E-state index is 12.2. The number of rotatable bonds is 6. The molecule has 0 aliphatic rings. The molecule has 1 amide bonds. The van der Waals surface area contributed by atoms with Crippen molar-refractivity contribution in [3.8, 4) is 0 Å². The van der Waals surface area contributed by atoms with E-state index in [1.54, 1.807) is 0 Å². The van der Waals surface area contributed by atoms with Crippen LogP contribution in [0.2, 0.25) is 0 Å². The van der Waals surface area contributed by atoms with E-state index in [1.807, 2.05) is 54.6 Å². The molecule has 0 spiro atoms. The van der Waals surface area contributed by atoms with Crippen LogP contribution in [0.25, 0.3) is 0 Å². The molecule has 2 aromatic carbocycles. The Labute approximate surface area is 140 Å². The molecule has 1 atom stereocenters. The maximum atomic E-state index is 12.2. The summed E-state index contributed by atoms with van der Waals surface area (Å²) in [6.45, 7) is 4.88. The van der Waals surface area contributed by atoms with Gasteiger partial charge in [0.15, 0.2) is 0 Å². The summed E-state index contributed by atoms with van der Waals surface area (Å²) in [5.74, 6) is 0.360. The molecule has 2 N–H and O–H groups in total. The zero-order chi connectivity index (χ0) is 15.9. The van der Waals surface area contributed by atoms with Gasteiger partial charge in [0.1, 0.15) is 0 Å². The molecule has 2 rings (SSSR count). The molecule has 22 heavy (non-hydrogen) atoms. The van der Waals surface area contributed by atoms with E-state index in [4.69, 9.17) is 0 Å². The molecule has 0 aliphatic carbocycles. The topological polar surface area (TPSA) is 41.1 Å². The first-order chi connectivity index (χ1) is 10.6. The highest BCUT2D eigenvalue weighted by Gasteiger charge is 2.15. The van der Waals surface area contributed by atoms with E-state index in [0.717, 1.165) is 10.2 Å². The number of para-hydroxylation sites is 1. The van der Waals surface area contributed by atoms with Gasteiger partial charge in [-0.15, -0.1) is 0 Å². The van der Waals surface area contributed by atoms with Gasteiger partial charge in [0.05, 0.1) is 0 Å². The van der Waals surface area contributed by atoms with Gasteiger partial charge in [-0.25, -0.2) is 0 Å². The lowest BCUT2D eigenvalue weighted by Crippen LogP contribution is -2.39. The van der Waals surface area contributed by atoms with Crippen LogP contribution in [-0.2, 0) is 0 Å². The van der Waals surface area contributed by atoms with Gasteiger partial charge in [-0.2, -0.15) is 0 Å². The summed E-state index contributed by atoms with van der Waals surface area (Å²) in [7, 11) is 0. The summed E-state index contributed by atoms with van der Waals surface area (Å²) in [6.07, 6.45) is 0. The molecule has 4 heteroatoms. The van der Waals surface area contributed by atoms with Crippen molar-refractivity contribution in [2.24, 2.45) is 5.92 Å². The van der Waals surface area contributed by atoms with E-state index in [-0.39, 0.29) is 11.9 Å². The minimum atomic E-state index is -0.0481. The maximum Gasteiger partial charge on any atom is 0.251 e.